The summed E-state index contributed by atoms with van der Waals surface area (Å²) in [7, 11) is 3.65. The molecule has 0 unspecified atom stereocenters. The Hall–Kier alpha value is -0.830. The van der Waals surface area contributed by atoms with Crippen molar-refractivity contribution in [1.29, 1.82) is 0 Å². The monoisotopic (exact) mass is 140 g/mol. The molecule has 0 bridgehead atoms. The Labute approximate surface area is 60.7 Å². The first-order chi connectivity index (χ1) is 4.74. The molecule has 1 N–H and O–H groups in total. The molecular weight excluding hydrogens is 128 g/mol. The average Bonchev–Trinajstić information content (AvgIpc) is 2.34. The number of carbonyl (C=O) groups excluding carboxylic acids is 1. The number of rotatable bonds is 1. The van der Waals surface area contributed by atoms with Gasteiger partial charge in [0, 0.05) is 25.7 Å². The average molecular weight is 140 g/mol. The predicted octanol–water partition coefficient (Wildman–Crippen LogP) is -0.396. The maximum absolute atomic E-state index is 11.0. The van der Waals surface area contributed by atoms with Gasteiger partial charge in [0.05, 0.1) is 0 Å². The van der Waals surface area contributed by atoms with E-state index in [0.717, 1.165) is 18.7 Å². The molecule has 0 aromatic carbocycles. The van der Waals surface area contributed by atoms with Crippen LogP contribution in [0.25, 0.3) is 0 Å². The molecule has 0 aliphatic carbocycles. The SMILES string of the molecule is CNC(=O)C1=CCN(C)C1. The Balaban J connectivity index is 2.51. The van der Waals surface area contributed by atoms with Gasteiger partial charge in [-0.25, -0.2) is 0 Å². The highest BCUT2D eigenvalue weighted by Gasteiger charge is 2.14. The van der Waals surface area contributed by atoms with E-state index < -0.39 is 0 Å². The van der Waals surface area contributed by atoms with Crippen molar-refractivity contribution >= 4 is 5.91 Å². The highest BCUT2D eigenvalue weighted by atomic mass is 16.1. The number of amides is 1. The lowest BCUT2D eigenvalue weighted by atomic mass is 10.3. The quantitative estimate of drug-likeness (QED) is 0.537. The molecule has 0 aromatic heterocycles. The summed E-state index contributed by atoms with van der Waals surface area (Å²) >= 11 is 0. The summed E-state index contributed by atoms with van der Waals surface area (Å²) < 4.78 is 0. The van der Waals surface area contributed by atoms with Gasteiger partial charge in [0.2, 0.25) is 5.91 Å². The lowest BCUT2D eigenvalue weighted by Gasteiger charge is -2.05. The lowest BCUT2D eigenvalue weighted by Crippen LogP contribution is -2.23. The van der Waals surface area contributed by atoms with Crippen LogP contribution >= 0.6 is 0 Å². The van der Waals surface area contributed by atoms with Gasteiger partial charge in [-0.1, -0.05) is 6.08 Å². The zero-order valence-corrected chi connectivity index (χ0v) is 6.35. The summed E-state index contributed by atoms with van der Waals surface area (Å²) in [5.74, 6) is 0.0457. The molecule has 1 amide bonds. The predicted molar refractivity (Wildman–Crippen MR) is 39.6 cm³/mol. The number of hydrogen-bond acceptors (Lipinski definition) is 2. The Morgan fingerprint density at radius 1 is 1.80 bits per heavy atom. The van der Waals surface area contributed by atoms with E-state index in [2.05, 4.69) is 10.2 Å². The van der Waals surface area contributed by atoms with Crippen LogP contribution < -0.4 is 5.32 Å². The third-order valence-electron chi connectivity index (χ3n) is 1.61. The maximum atomic E-state index is 11.0. The molecule has 0 atom stereocenters. The number of carbonyl (C=O) groups is 1. The molecule has 1 aliphatic heterocycles. The molecular formula is C7H12N2O. The minimum atomic E-state index is 0.0457. The largest absolute Gasteiger partial charge is 0.355 e. The van der Waals surface area contributed by atoms with Crippen molar-refractivity contribution in [2.24, 2.45) is 0 Å². The molecule has 56 valence electrons. The van der Waals surface area contributed by atoms with E-state index in [1.807, 2.05) is 13.1 Å². The molecule has 0 aromatic rings. The van der Waals surface area contributed by atoms with Gasteiger partial charge in [0.1, 0.15) is 0 Å². The third-order valence-corrected chi connectivity index (χ3v) is 1.61. The van der Waals surface area contributed by atoms with Crippen LogP contribution in [0.5, 0.6) is 0 Å². The molecule has 0 saturated heterocycles. The Bertz CT molecular complexity index is 174. The van der Waals surface area contributed by atoms with Gasteiger partial charge < -0.3 is 5.32 Å². The molecule has 3 heteroatoms. The fourth-order valence-electron chi connectivity index (χ4n) is 1.01. The molecule has 0 radical (unpaired) electrons. The van der Waals surface area contributed by atoms with Crippen LogP contribution in [0.3, 0.4) is 0 Å². The van der Waals surface area contributed by atoms with Gasteiger partial charge in [-0.2, -0.15) is 0 Å². The van der Waals surface area contributed by atoms with E-state index in [0.29, 0.717) is 0 Å². The molecule has 10 heavy (non-hydrogen) atoms. The molecule has 1 rings (SSSR count). The van der Waals surface area contributed by atoms with Crippen molar-refractivity contribution in [2.45, 2.75) is 0 Å². The van der Waals surface area contributed by atoms with Crippen molar-refractivity contribution in [2.75, 3.05) is 27.2 Å². The first kappa shape index (κ1) is 7.28. The summed E-state index contributed by atoms with van der Waals surface area (Å²) in [6, 6.07) is 0. The molecule has 0 saturated carbocycles. The number of nitrogens with zero attached hydrogens (tertiary/aromatic N) is 1. The second-order valence-electron chi connectivity index (χ2n) is 2.51. The lowest BCUT2D eigenvalue weighted by molar-refractivity contribution is -0.117. The minimum absolute atomic E-state index is 0.0457. The van der Waals surface area contributed by atoms with Crippen molar-refractivity contribution in [3.05, 3.63) is 11.6 Å². The topological polar surface area (TPSA) is 32.3 Å². The standard InChI is InChI=1S/C7H12N2O/c1-8-7(10)6-3-4-9(2)5-6/h3H,4-5H2,1-2H3,(H,8,10). The summed E-state index contributed by atoms with van der Waals surface area (Å²) in [6.45, 7) is 1.67. The van der Waals surface area contributed by atoms with E-state index in [1.165, 1.54) is 0 Å². The number of nitrogens with one attached hydrogen (secondary N) is 1. The molecule has 3 nitrogen and oxygen atoms in total. The van der Waals surface area contributed by atoms with Crippen LogP contribution in [-0.2, 0) is 4.79 Å². The second-order valence-corrected chi connectivity index (χ2v) is 2.51. The van der Waals surface area contributed by atoms with Crippen molar-refractivity contribution in [3.63, 3.8) is 0 Å². The van der Waals surface area contributed by atoms with Gasteiger partial charge in [0.25, 0.3) is 0 Å². The van der Waals surface area contributed by atoms with Gasteiger partial charge in [-0.05, 0) is 7.05 Å². The zero-order chi connectivity index (χ0) is 7.56. The fraction of sp³-hybridized carbons (Fsp3) is 0.571. The summed E-state index contributed by atoms with van der Waals surface area (Å²) in [6.07, 6.45) is 1.96. The highest BCUT2D eigenvalue weighted by Crippen LogP contribution is 2.05. The van der Waals surface area contributed by atoms with Gasteiger partial charge in [-0.3, -0.25) is 9.69 Å². The Kier molecular flexibility index (Phi) is 2.06. The Morgan fingerprint density at radius 2 is 2.50 bits per heavy atom. The summed E-state index contributed by atoms with van der Waals surface area (Å²) in [5.41, 5.74) is 0.880. The van der Waals surface area contributed by atoms with E-state index in [4.69, 9.17) is 0 Å². The normalized spacial score (nSPS) is 18.8. The number of likely N-dealkylation sites (N-methyl/N-ethyl adjacent to an activating group) is 2. The van der Waals surface area contributed by atoms with E-state index in [1.54, 1.807) is 7.05 Å². The fourth-order valence-corrected chi connectivity index (χ4v) is 1.01. The third kappa shape index (κ3) is 1.36. The minimum Gasteiger partial charge on any atom is -0.355 e. The van der Waals surface area contributed by atoms with Crippen molar-refractivity contribution < 1.29 is 4.79 Å². The van der Waals surface area contributed by atoms with E-state index in [9.17, 15) is 4.79 Å². The van der Waals surface area contributed by atoms with Crippen LogP contribution in [0.15, 0.2) is 11.6 Å². The van der Waals surface area contributed by atoms with Gasteiger partial charge in [0.15, 0.2) is 0 Å². The van der Waals surface area contributed by atoms with Gasteiger partial charge >= 0.3 is 0 Å². The first-order valence-corrected chi connectivity index (χ1v) is 3.33. The molecule has 1 aliphatic rings. The van der Waals surface area contributed by atoms with E-state index in [-0.39, 0.29) is 5.91 Å². The van der Waals surface area contributed by atoms with Crippen LogP contribution in [-0.4, -0.2) is 38.0 Å². The smallest absolute Gasteiger partial charge is 0.247 e. The van der Waals surface area contributed by atoms with Crippen molar-refractivity contribution in [3.8, 4) is 0 Å². The first-order valence-electron chi connectivity index (χ1n) is 3.33. The van der Waals surface area contributed by atoms with Crippen LogP contribution in [0, 0.1) is 0 Å². The van der Waals surface area contributed by atoms with Gasteiger partial charge in [-0.15, -0.1) is 0 Å². The second kappa shape index (κ2) is 2.84. The maximum Gasteiger partial charge on any atom is 0.247 e. The van der Waals surface area contributed by atoms with Crippen LogP contribution in [0.1, 0.15) is 0 Å². The van der Waals surface area contributed by atoms with Crippen LogP contribution in [0.4, 0.5) is 0 Å². The molecule has 0 spiro atoms. The summed E-state index contributed by atoms with van der Waals surface area (Å²) in [5, 5.41) is 2.59. The van der Waals surface area contributed by atoms with Crippen molar-refractivity contribution in [1.82, 2.24) is 10.2 Å². The van der Waals surface area contributed by atoms with E-state index >= 15 is 0 Å². The van der Waals surface area contributed by atoms with Crippen LogP contribution in [0.2, 0.25) is 0 Å². The summed E-state index contributed by atoms with van der Waals surface area (Å²) in [4.78, 5) is 13.0. The zero-order valence-electron chi connectivity index (χ0n) is 6.35. The highest BCUT2D eigenvalue weighted by molar-refractivity contribution is 5.94. The Morgan fingerprint density at radius 3 is 2.90 bits per heavy atom. The number of hydrogen-bond donors (Lipinski definition) is 1. The molecule has 0 fully saturated rings. The molecule has 1 heterocycles.